The summed E-state index contributed by atoms with van der Waals surface area (Å²) >= 11 is 0. The van der Waals surface area contributed by atoms with Gasteiger partial charge in [0.2, 0.25) is 5.88 Å². The fourth-order valence-electron chi connectivity index (χ4n) is 2.55. The minimum absolute atomic E-state index is 0.244. The van der Waals surface area contributed by atoms with E-state index in [-0.39, 0.29) is 11.9 Å². The van der Waals surface area contributed by atoms with Crippen LogP contribution >= 0.6 is 0 Å². The second-order valence-corrected chi connectivity index (χ2v) is 5.04. The first kappa shape index (κ1) is 12.2. The van der Waals surface area contributed by atoms with Crippen molar-refractivity contribution in [1.82, 2.24) is 9.78 Å². The van der Waals surface area contributed by atoms with Gasteiger partial charge in [-0.1, -0.05) is 12.1 Å². The molecule has 2 heterocycles. The lowest BCUT2D eigenvalue weighted by atomic mass is 10.1. The maximum atomic E-state index is 13.9. The van der Waals surface area contributed by atoms with Crippen molar-refractivity contribution in [3.8, 4) is 17.1 Å². The third-order valence-electron chi connectivity index (χ3n) is 3.64. The zero-order valence-corrected chi connectivity index (χ0v) is 11.2. The van der Waals surface area contributed by atoms with Crippen LogP contribution in [0.2, 0.25) is 0 Å². The molecule has 19 heavy (non-hydrogen) atoms. The van der Waals surface area contributed by atoms with Gasteiger partial charge in [0.25, 0.3) is 0 Å². The lowest BCUT2D eigenvalue weighted by Crippen LogP contribution is -2.05. The summed E-state index contributed by atoms with van der Waals surface area (Å²) in [6, 6.07) is 7.02. The highest BCUT2D eigenvalue weighted by Crippen LogP contribution is 2.35. The molecule has 3 rings (SSSR count). The predicted molar refractivity (Wildman–Crippen MR) is 71.8 cm³/mol. The van der Waals surface area contributed by atoms with Crippen LogP contribution in [0.4, 0.5) is 4.39 Å². The summed E-state index contributed by atoms with van der Waals surface area (Å²) in [4.78, 5) is 0. The molecule has 0 saturated carbocycles. The van der Waals surface area contributed by atoms with Gasteiger partial charge in [0, 0.05) is 11.1 Å². The van der Waals surface area contributed by atoms with Crippen LogP contribution in [-0.4, -0.2) is 16.4 Å². The van der Waals surface area contributed by atoms with Crippen molar-refractivity contribution in [2.45, 2.75) is 32.7 Å². The van der Waals surface area contributed by atoms with Gasteiger partial charge in [-0.2, -0.15) is 5.10 Å². The van der Waals surface area contributed by atoms with E-state index in [1.165, 1.54) is 6.07 Å². The molecular formula is C15H17FN2O. The molecule has 0 aliphatic carbocycles. The van der Waals surface area contributed by atoms with Crippen molar-refractivity contribution in [3.05, 3.63) is 35.6 Å². The van der Waals surface area contributed by atoms with Crippen molar-refractivity contribution < 1.29 is 9.13 Å². The molecule has 0 N–H and O–H groups in total. The quantitative estimate of drug-likeness (QED) is 0.781. The second-order valence-electron chi connectivity index (χ2n) is 5.04. The zero-order chi connectivity index (χ0) is 13.4. The Morgan fingerprint density at radius 1 is 1.37 bits per heavy atom. The van der Waals surface area contributed by atoms with Gasteiger partial charge < -0.3 is 4.74 Å². The SMILES string of the molecule is Cc1c(-c2ccccc2F)nn2c1OCCC[C@@H]2C. The highest BCUT2D eigenvalue weighted by molar-refractivity contribution is 5.65. The monoisotopic (exact) mass is 260 g/mol. The first-order valence-corrected chi connectivity index (χ1v) is 6.65. The standard InChI is InChI=1S/C15H17FN2O/c1-10-6-5-9-19-15-11(2)14(17-18(10)15)12-7-3-4-8-13(12)16/h3-4,7-8,10H,5-6,9H2,1-2H3/t10-/m0/s1. The number of hydrogen-bond donors (Lipinski definition) is 0. The predicted octanol–water partition coefficient (Wildman–Crippen LogP) is 3.73. The first-order valence-electron chi connectivity index (χ1n) is 6.65. The van der Waals surface area contributed by atoms with Gasteiger partial charge in [0.1, 0.15) is 11.5 Å². The van der Waals surface area contributed by atoms with Crippen molar-refractivity contribution >= 4 is 0 Å². The largest absolute Gasteiger partial charge is 0.478 e. The molecule has 0 spiro atoms. The molecule has 0 radical (unpaired) electrons. The number of nitrogens with zero attached hydrogens (tertiary/aromatic N) is 2. The average molecular weight is 260 g/mol. The minimum Gasteiger partial charge on any atom is -0.478 e. The Bertz CT molecular complexity index is 606. The van der Waals surface area contributed by atoms with E-state index in [2.05, 4.69) is 12.0 Å². The van der Waals surface area contributed by atoms with E-state index in [9.17, 15) is 4.39 Å². The lowest BCUT2D eigenvalue weighted by Gasteiger charge is -2.09. The summed E-state index contributed by atoms with van der Waals surface area (Å²) in [6.45, 7) is 4.77. The lowest BCUT2D eigenvalue weighted by molar-refractivity contribution is 0.300. The summed E-state index contributed by atoms with van der Waals surface area (Å²) in [5.41, 5.74) is 2.14. The van der Waals surface area contributed by atoms with E-state index < -0.39 is 0 Å². The Morgan fingerprint density at radius 3 is 2.95 bits per heavy atom. The van der Waals surface area contributed by atoms with Crippen molar-refractivity contribution in [2.75, 3.05) is 6.61 Å². The van der Waals surface area contributed by atoms with Gasteiger partial charge in [0.05, 0.1) is 12.6 Å². The van der Waals surface area contributed by atoms with Crippen LogP contribution < -0.4 is 4.74 Å². The van der Waals surface area contributed by atoms with Crippen molar-refractivity contribution in [2.24, 2.45) is 0 Å². The molecule has 3 nitrogen and oxygen atoms in total. The fraction of sp³-hybridized carbons (Fsp3) is 0.400. The smallest absolute Gasteiger partial charge is 0.215 e. The number of ether oxygens (including phenoxy) is 1. The summed E-state index contributed by atoms with van der Waals surface area (Å²) in [6.07, 6.45) is 2.06. The van der Waals surface area contributed by atoms with Crippen molar-refractivity contribution in [3.63, 3.8) is 0 Å². The van der Waals surface area contributed by atoms with E-state index in [0.29, 0.717) is 17.9 Å². The number of hydrogen-bond acceptors (Lipinski definition) is 2. The van der Waals surface area contributed by atoms with Crippen LogP contribution in [0.15, 0.2) is 24.3 Å². The summed E-state index contributed by atoms with van der Waals surface area (Å²) in [5, 5.41) is 4.57. The summed E-state index contributed by atoms with van der Waals surface area (Å²) in [5.74, 6) is 0.537. The molecule has 0 bridgehead atoms. The van der Waals surface area contributed by atoms with E-state index in [1.807, 2.05) is 17.7 Å². The Kier molecular flexibility index (Phi) is 3.01. The first-order chi connectivity index (χ1) is 9.18. The van der Waals surface area contributed by atoms with E-state index in [4.69, 9.17) is 4.74 Å². The van der Waals surface area contributed by atoms with Gasteiger partial charge in [-0.15, -0.1) is 0 Å². The van der Waals surface area contributed by atoms with Gasteiger partial charge >= 0.3 is 0 Å². The number of halogens is 1. The molecule has 2 aromatic rings. The zero-order valence-electron chi connectivity index (χ0n) is 11.2. The van der Waals surface area contributed by atoms with Crippen molar-refractivity contribution in [1.29, 1.82) is 0 Å². The van der Waals surface area contributed by atoms with Gasteiger partial charge in [-0.3, -0.25) is 0 Å². The summed E-state index contributed by atoms with van der Waals surface area (Å²) < 4.78 is 21.6. The molecule has 0 saturated heterocycles. The molecule has 1 aliphatic rings. The maximum absolute atomic E-state index is 13.9. The van der Waals surface area contributed by atoms with Crippen LogP contribution in [0.1, 0.15) is 31.4 Å². The summed E-state index contributed by atoms with van der Waals surface area (Å²) in [7, 11) is 0. The highest BCUT2D eigenvalue weighted by atomic mass is 19.1. The average Bonchev–Trinajstić information content (AvgIpc) is 2.61. The fourth-order valence-corrected chi connectivity index (χ4v) is 2.55. The van der Waals surface area contributed by atoms with Crippen LogP contribution in [0.5, 0.6) is 5.88 Å². The van der Waals surface area contributed by atoms with Crippen LogP contribution in [0.3, 0.4) is 0 Å². The number of aromatic nitrogens is 2. The molecule has 1 aromatic heterocycles. The van der Waals surface area contributed by atoms with Gasteiger partial charge in [0.15, 0.2) is 0 Å². The molecule has 0 fully saturated rings. The Balaban J connectivity index is 2.15. The van der Waals surface area contributed by atoms with Gasteiger partial charge in [-0.05, 0) is 38.8 Å². The minimum atomic E-state index is -0.244. The molecule has 1 atom stereocenters. The molecule has 4 heteroatoms. The Hall–Kier alpha value is -1.84. The van der Waals surface area contributed by atoms with Gasteiger partial charge in [-0.25, -0.2) is 9.07 Å². The highest BCUT2D eigenvalue weighted by Gasteiger charge is 2.23. The topological polar surface area (TPSA) is 27.1 Å². The van der Waals surface area contributed by atoms with Crippen LogP contribution in [0.25, 0.3) is 11.3 Å². The molecule has 1 aliphatic heterocycles. The third kappa shape index (κ3) is 2.01. The second kappa shape index (κ2) is 4.68. The Morgan fingerprint density at radius 2 is 2.16 bits per heavy atom. The van der Waals surface area contributed by atoms with E-state index in [1.54, 1.807) is 12.1 Å². The third-order valence-corrected chi connectivity index (χ3v) is 3.64. The molecule has 0 amide bonds. The number of rotatable bonds is 1. The van der Waals surface area contributed by atoms with Crippen LogP contribution in [0, 0.1) is 12.7 Å². The number of benzene rings is 1. The maximum Gasteiger partial charge on any atom is 0.215 e. The molecule has 100 valence electrons. The van der Waals surface area contributed by atoms with Crippen LogP contribution in [-0.2, 0) is 0 Å². The molecule has 0 unspecified atom stereocenters. The normalized spacial score (nSPS) is 18.6. The van der Waals surface area contributed by atoms with E-state index >= 15 is 0 Å². The molecule has 1 aromatic carbocycles. The number of fused-ring (bicyclic) bond motifs is 1. The molecular weight excluding hydrogens is 243 g/mol. The Labute approximate surface area is 112 Å². The van der Waals surface area contributed by atoms with E-state index in [0.717, 1.165) is 24.3 Å².